The largest absolute Gasteiger partial charge is 0.471 e. The van der Waals surface area contributed by atoms with Gasteiger partial charge in [-0.3, -0.25) is 5.43 Å². The van der Waals surface area contributed by atoms with Gasteiger partial charge in [0.1, 0.15) is 4.90 Å². The highest BCUT2D eigenvalue weighted by Crippen LogP contribution is 2.23. The van der Waals surface area contributed by atoms with Gasteiger partial charge in [-0.05, 0) is 36.4 Å². The molecule has 146 valence electrons. The van der Waals surface area contributed by atoms with E-state index < -0.39 is 37.1 Å². The fourth-order valence-corrected chi connectivity index (χ4v) is 3.14. The summed E-state index contributed by atoms with van der Waals surface area (Å²) in [6, 6.07) is 10.4. The Morgan fingerprint density at radius 1 is 0.926 bits per heavy atom. The van der Waals surface area contributed by atoms with E-state index in [1.54, 1.807) is 0 Å². The molecule has 13 heteroatoms. The van der Waals surface area contributed by atoms with Crippen LogP contribution in [0.15, 0.2) is 69.5 Å². The number of halogens is 3. The van der Waals surface area contributed by atoms with Crippen molar-refractivity contribution in [3.63, 3.8) is 0 Å². The van der Waals surface area contributed by atoms with Crippen LogP contribution in [0.5, 0.6) is 0 Å². The molecule has 0 bridgehead atoms. The van der Waals surface area contributed by atoms with Crippen LogP contribution in [-0.4, -0.2) is 28.9 Å². The fourth-order valence-electron chi connectivity index (χ4n) is 1.70. The second kappa shape index (κ2) is 7.54. The highest BCUT2D eigenvalue weighted by atomic mass is 32.2. The molecule has 0 heterocycles. The molecule has 0 amide bonds. The number of alkyl halides is 3. The first-order valence-corrected chi connectivity index (χ1v) is 9.88. The Bertz CT molecular complexity index is 1040. The van der Waals surface area contributed by atoms with E-state index in [0.29, 0.717) is 0 Å². The van der Waals surface area contributed by atoms with Crippen molar-refractivity contribution in [3.05, 3.63) is 54.6 Å². The number of nitrogens with one attached hydrogen (secondary N) is 1. The van der Waals surface area contributed by atoms with Crippen molar-refractivity contribution >= 4 is 31.7 Å². The maximum Gasteiger partial charge on any atom is 0.471 e. The quantitative estimate of drug-likeness (QED) is 0.328. The van der Waals surface area contributed by atoms with Crippen molar-refractivity contribution in [1.29, 1.82) is 0 Å². The Morgan fingerprint density at radius 2 is 1.48 bits per heavy atom. The molecule has 2 rings (SSSR count). The van der Waals surface area contributed by atoms with Crippen LogP contribution >= 0.6 is 0 Å². The zero-order chi connectivity index (χ0) is 20.3. The standard InChI is InChI=1S/C14H12F3N3O5S2/c15-14(16,17)13(25-27(23,24)12-4-2-1-3-5-12)20-19-10-6-8-11(9-7-10)26(18,21)22/h1-9,19H,(H2,18,21,22)/b20-13+. The van der Waals surface area contributed by atoms with Gasteiger partial charge in [-0.2, -0.15) is 21.6 Å². The second-order valence-electron chi connectivity index (χ2n) is 4.95. The topological polar surface area (TPSA) is 128 Å². The van der Waals surface area contributed by atoms with Crippen LogP contribution in [0.2, 0.25) is 0 Å². The predicted molar refractivity (Wildman–Crippen MR) is 89.6 cm³/mol. The summed E-state index contributed by atoms with van der Waals surface area (Å²) in [6.45, 7) is 0. The van der Waals surface area contributed by atoms with E-state index >= 15 is 0 Å². The average molecular weight is 423 g/mol. The molecule has 3 N–H and O–H groups in total. The summed E-state index contributed by atoms with van der Waals surface area (Å²) in [5.74, 6) is -2.05. The summed E-state index contributed by atoms with van der Waals surface area (Å²) < 4.78 is 89.3. The number of primary sulfonamides is 1. The van der Waals surface area contributed by atoms with Crippen molar-refractivity contribution in [2.24, 2.45) is 10.2 Å². The third-order valence-electron chi connectivity index (χ3n) is 2.93. The zero-order valence-electron chi connectivity index (χ0n) is 13.2. The summed E-state index contributed by atoms with van der Waals surface area (Å²) in [5, 5.41) is 7.83. The van der Waals surface area contributed by atoms with Crippen LogP contribution in [0.3, 0.4) is 0 Å². The molecule has 0 aromatic heterocycles. The third kappa shape index (κ3) is 5.67. The first-order valence-electron chi connectivity index (χ1n) is 6.93. The van der Waals surface area contributed by atoms with E-state index in [0.717, 1.165) is 36.4 Å². The molecule has 0 saturated heterocycles. The van der Waals surface area contributed by atoms with Crippen molar-refractivity contribution in [2.75, 3.05) is 5.43 Å². The molecule has 0 atom stereocenters. The molecule has 0 radical (unpaired) electrons. The fraction of sp³-hybridized carbons (Fsp3) is 0.0714. The van der Waals surface area contributed by atoms with Crippen LogP contribution < -0.4 is 10.6 Å². The first-order chi connectivity index (χ1) is 12.4. The van der Waals surface area contributed by atoms with Crippen molar-refractivity contribution in [1.82, 2.24) is 0 Å². The number of sulfonamides is 1. The van der Waals surface area contributed by atoms with Gasteiger partial charge in [0, 0.05) is 0 Å². The minimum atomic E-state index is -5.21. The van der Waals surface area contributed by atoms with Gasteiger partial charge in [-0.1, -0.05) is 18.2 Å². The van der Waals surface area contributed by atoms with Gasteiger partial charge in [0.15, 0.2) is 0 Å². The van der Waals surface area contributed by atoms with E-state index in [2.05, 4.69) is 9.28 Å². The normalized spacial score (nSPS) is 13.3. The molecule has 2 aromatic rings. The average Bonchev–Trinajstić information content (AvgIpc) is 2.58. The molecule has 0 saturated carbocycles. The minimum absolute atomic E-state index is 0.0649. The summed E-state index contributed by atoms with van der Waals surface area (Å²) >= 11 is 0. The number of nitrogens with two attached hydrogens (primary N) is 1. The monoisotopic (exact) mass is 423 g/mol. The Morgan fingerprint density at radius 3 is 1.96 bits per heavy atom. The van der Waals surface area contributed by atoms with Crippen LogP contribution in [0.4, 0.5) is 18.9 Å². The Labute approximate surface area is 152 Å². The predicted octanol–water partition coefficient (Wildman–Crippen LogP) is 2.03. The van der Waals surface area contributed by atoms with Crippen LogP contribution in [0, 0.1) is 0 Å². The van der Waals surface area contributed by atoms with Gasteiger partial charge in [0.2, 0.25) is 10.0 Å². The summed E-state index contributed by atoms with van der Waals surface area (Å²) in [7, 11) is -8.74. The molecule has 0 aliphatic heterocycles. The number of nitrogens with zero attached hydrogens (tertiary/aromatic N) is 1. The Hall–Kier alpha value is -2.64. The van der Waals surface area contributed by atoms with Crippen LogP contribution in [0.25, 0.3) is 0 Å². The van der Waals surface area contributed by atoms with Crippen molar-refractivity contribution in [3.8, 4) is 0 Å². The Balaban J connectivity index is 2.27. The summed E-state index contributed by atoms with van der Waals surface area (Å²) in [4.78, 5) is -0.754. The molecular weight excluding hydrogens is 411 g/mol. The van der Waals surface area contributed by atoms with Gasteiger partial charge < -0.3 is 4.18 Å². The second-order valence-corrected chi connectivity index (χ2v) is 8.05. The van der Waals surface area contributed by atoms with Gasteiger partial charge in [-0.25, -0.2) is 13.6 Å². The lowest BCUT2D eigenvalue weighted by Crippen LogP contribution is -2.29. The maximum atomic E-state index is 13.0. The summed E-state index contributed by atoms with van der Waals surface area (Å²) in [5.41, 5.74) is 1.88. The number of hydrogen-bond donors (Lipinski definition) is 2. The van der Waals surface area contributed by atoms with Gasteiger partial charge in [0.05, 0.1) is 10.6 Å². The molecule has 0 aliphatic rings. The number of hydrazone groups is 1. The molecule has 0 fully saturated rings. The van der Waals surface area contributed by atoms with Gasteiger partial charge >= 0.3 is 22.2 Å². The molecule has 0 unspecified atom stereocenters. The molecule has 8 nitrogen and oxygen atoms in total. The lowest BCUT2D eigenvalue weighted by atomic mass is 10.3. The zero-order valence-corrected chi connectivity index (χ0v) is 14.8. The molecule has 0 aliphatic carbocycles. The van der Waals surface area contributed by atoms with Crippen LogP contribution in [-0.2, 0) is 24.3 Å². The Kier molecular flexibility index (Phi) is 5.77. The SMILES string of the molecule is NS(=O)(=O)c1ccc(N/N=C(/OS(=O)(=O)c2ccccc2)C(F)(F)F)cc1. The lowest BCUT2D eigenvalue weighted by Gasteiger charge is -2.12. The van der Waals surface area contributed by atoms with E-state index in [-0.39, 0.29) is 10.6 Å². The smallest absolute Gasteiger partial charge is 0.351 e. The number of hydrogen-bond acceptors (Lipinski definition) is 7. The molecule has 27 heavy (non-hydrogen) atoms. The highest BCUT2D eigenvalue weighted by Gasteiger charge is 2.42. The highest BCUT2D eigenvalue weighted by molar-refractivity contribution is 7.89. The lowest BCUT2D eigenvalue weighted by molar-refractivity contribution is -0.0707. The van der Waals surface area contributed by atoms with E-state index in [9.17, 15) is 30.0 Å². The van der Waals surface area contributed by atoms with E-state index in [4.69, 9.17) is 5.14 Å². The molecule has 2 aromatic carbocycles. The third-order valence-corrected chi connectivity index (χ3v) is 5.09. The number of anilines is 1. The minimum Gasteiger partial charge on any atom is -0.351 e. The van der Waals surface area contributed by atoms with Crippen molar-refractivity contribution in [2.45, 2.75) is 16.0 Å². The first kappa shape index (κ1) is 20.7. The number of rotatable bonds is 5. The van der Waals surface area contributed by atoms with Gasteiger partial charge in [0.25, 0.3) is 0 Å². The summed E-state index contributed by atoms with van der Waals surface area (Å²) in [6.07, 6.45) is -5.21. The van der Waals surface area contributed by atoms with E-state index in [1.807, 2.05) is 5.43 Å². The number of benzene rings is 2. The van der Waals surface area contributed by atoms with Crippen LogP contribution in [0.1, 0.15) is 0 Å². The maximum absolute atomic E-state index is 13.0. The van der Waals surface area contributed by atoms with E-state index in [1.165, 1.54) is 18.2 Å². The molecule has 0 spiro atoms. The van der Waals surface area contributed by atoms with Gasteiger partial charge in [-0.15, -0.1) is 5.10 Å². The van der Waals surface area contributed by atoms with Crippen molar-refractivity contribution < 1.29 is 34.2 Å². The molecular formula is C14H12F3N3O5S2.